The van der Waals surface area contributed by atoms with Gasteiger partial charge in [-0.1, -0.05) is 39.7 Å². The van der Waals surface area contributed by atoms with Crippen LogP contribution in [-0.2, 0) is 0 Å². The lowest BCUT2D eigenvalue weighted by atomic mass is 9.91. The van der Waals surface area contributed by atoms with Crippen LogP contribution in [0.3, 0.4) is 0 Å². The Hall–Kier alpha value is -0.300. The molecule has 0 saturated carbocycles. The van der Waals surface area contributed by atoms with Crippen molar-refractivity contribution >= 4 is 0 Å². The van der Waals surface area contributed by atoms with Gasteiger partial charge in [-0.05, 0) is 24.8 Å². The number of allylic oxidation sites excluding steroid dienone is 1. The molecule has 0 aromatic carbocycles. The second kappa shape index (κ2) is 6.24. The summed E-state index contributed by atoms with van der Waals surface area (Å²) in [5.74, 6) is 0.438. The van der Waals surface area contributed by atoms with Crippen LogP contribution in [0.2, 0.25) is 0 Å². The molecule has 1 nitrogen and oxygen atoms in total. The van der Waals surface area contributed by atoms with Gasteiger partial charge in [0.1, 0.15) is 0 Å². The van der Waals surface area contributed by atoms with Crippen LogP contribution in [0, 0.1) is 5.92 Å². The molecule has 12 heavy (non-hydrogen) atoms. The predicted octanol–water partition coefficient (Wildman–Crippen LogP) is 3.14. The highest BCUT2D eigenvalue weighted by Gasteiger charge is 2.15. The molecule has 0 aliphatic carbocycles. The summed E-state index contributed by atoms with van der Waals surface area (Å²) in [4.78, 5) is 0. The normalized spacial score (nSPS) is 15.3. The van der Waals surface area contributed by atoms with Crippen LogP contribution in [0.4, 0.5) is 0 Å². The topological polar surface area (TPSA) is 20.2 Å². The van der Waals surface area contributed by atoms with Gasteiger partial charge in [-0.2, -0.15) is 0 Å². The zero-order valence-corrected chi connectivity index (χ0v) is 8.80. The van der Waals surface area contributed by atoms with Crippen molar-refractivity contribution < 1.29 is 5.11 Å². The van der Waals surface area contributed by atoms with Gasteiger partial charge >= 0.3 is 0 Å². The molecule has 0 amide bonds. The molecule has 0 rings (SSSR count). The number of aliphatic hydroxyl groups is 1. The number of rotatable bonds is 5. The summed E-state index contributed by atoms with van der Waals surface area (Å²) in [6.45, 7) is 8.39. The molecule has 1 N–H and O–H groups in total. The number of hydrogen-bond donors (Lipinski definition) is 1. The molecule has 0 aliphatic rings. The van der Waals surface area contributed by atoms with E-state index in [4.69, 9.17) is 0 Å². The zero-order valence-electron chi connectivity index (χ0n) is 8.80. The Balaban J connectivity index is 4.14. The van der Waals surface area contributed by atoms with Crippen molar-refractivity contribution in [1.29, 1.82) is 0 Å². The molecule has 1 heteroatoms. The van der Waals surface area contributed by atoms with Crippen LogP contribution in [0.1, 0.15) is 47.0 Å². The molecular formula is C11H22O. The highest BCUT2D eigenvalue weighted by Crippen LogP contribution is 2.19. The molecule has 0 aromatic heterocycles. The van der Waals surface area contributed by atoms with Crippen molar-refractivity contribution in [2.24, 2.45) is 5.92 Å². The van der Waals surface area contributed by atoms with Gasteiger partial charge in [0.25, 0.3) is 0 Å². The van der Waals surface area contributed by atoms with E-state index in [-0.39, 0.29) is 6.10 Å². The van der Waals surface area contributed by atoms with Crippen LogP contribution in [0.25, 0.3) is 0 Å². The molecular weight excluding hydrogens is 148 g/mol. The maximum Gasteiger partial charge on any atom is 0.0775 e. The quantitative estimate of drug-likeness (QED) is 0.628. The second-order valence-corrected chi connectivity index (χ2v) is 3.38. The molecule has 1 atom stereocenters. The lowest BCUT2D eigenvalue weighted by Crippen LogP contribution is -2.20. The number of aliphatic hydroxyl groups excluding tert-OH is 1. The Bertz CT molecular complexity index is 134. The average molecular weight is 170 g/mol. The maximum absolute atomic E-state index is 9.84. The van der Waals surface area contributed by atoms with Gasteiger partial charge in [0.15, 0.2) is 0 Å². The van der Waals surface area contributed by atoms with Crippen molar-refractivity contribution in [1.82, 2.24) is 0 Å². The van der Waals surface area contributed by atoms with Crippen molar-refractivity contribution in [2.45, 2.75) is 53.1 Å². The fourth-order valence-electron chi connectivity index (χ4n) is 1.55. The van der Waals surface area contributed by atoms with E-state index in [0.717, 1.165) is 24.8 Å². The Morgan fingerprint density at radius 2 is 1.75 bits per heavy atom. The largest absolute Gasteiger partial charge is 0.388 e. The van der Waals surface area contributed by atoms with Crippen molar-refractivity contribution in [2.75, 3.05) is 0 Å². The Labute approximate surface area is 76.5 Å². The first-order chi connectivity index (χ1) is 5.67. The van der Waals surface area contributed by atoms with E-state index in [1.807, 2.05) is 6.92 Å². The van der Waals surface area contributed by atoms with Crippen LogP contribution >= 0.6 is 0 Å². The van der Waals surface area contributed by atoms with Crippen LogP contribution in [-0.4, -0.2) is 11.2 Å². The summed E-state index contributed by atoms with van der Waals surface area (Å²) in [6, 6.07) is 0. The van der Waals surface area contributed by atoms with Gasteiger partial charge in [0.2, 0.25) is 0 Å². The lowest BCUT2D eigenvalue weighted by Gasteiger charge is -2.20. The summed E-state index contributed by atoms with van der Waals surface area (Å²) in [5, 5.41) is 9.84. The first-order valence-electron chi connectivity index (χ1n) is 5.01. The highest BCUT2D eigenvalue weighted by molar-refractivity contribution is 5.05. The van der Waals surface area contributed by atoms with Gasteiger partial charge in [-0.15, -0.1) is 0 Å². The van der Waals surface area contributed by atoms with E-state index < -0.39 is 0 Å². The molecule has 0 bridgehead atoms. The molecule has 72 valence electrons. The molecule has 0 spiro atoms. The second-order valence-electron chi connectivity index (χ2n) is 3.38. The molecule has 0 fully saturated rings. The van der Waals surface area contributed by atoms with Crippen LogP contribution in [0.5, 0.6) is 0 Å². The first kappa shape index (κ1) is 11.7. The molecule has 0 radical (unpaired) electrons. The van der Waals surface area contributed by atoms with E-state index in [2.05, 4.69) is 26.8 Å². The molecule has 0 saturated heterocycles. The first-order valence-corrected chi connectivity index (χ1v) is 5.01. The fourth-order valence-corrected chi connectivity index (χ4v) is 1.55. The Morgan fingerprint density at radius 3 is 2.08 bits per heavy atom. The fraction of sp³-hybridized carbons (Fsp3) is 0.818. The molecule has 1 unspecified atom stereocenters. The van der Waals surface area contributed by atoms with E-state index in [1.54, 1.807) is 0 Å². The number of hydrogen-bond acceptors (Lipinski definition) is 1. The van der Waals surface area contributed by atoms with E-state index in [1.165, 1.54) is 0 Å². The Kier molecular flexibility index (Phi) is 6.09. The van der Waals surface area contributed by atoms with E-state index in [9.17, 15) is 5.11 Å². The summed E-state index contributed by atoms with van der Waals surface area (Å²) >= 11 is 0. The van der Waals surface area contributed by atoms with Crippen LogP contribution in [0.15, 0.2) is 11.6 Å². The maximum atomic E-state index is 9.84. The van der Waals surface area contributed by atoms with E-state index in [0.29, 0.717) is 5.92 Å². The third-order valence-electron chi connectivity index (χ3n) is 2.49. The molecule has 0 aromatic rings. The van der Waals surface area contributed by atoms with Crippen molar-refractivity contribution in [3.8, 4) is 0 Å². The summed E-state index contributed by atoms with van der Waals surface area (Å²) < 4.78 is 0. The zero-order chi connectivity index (χ0) is 9.56. The van der Waals surface area contributed by atoms with Crippen molar-refractivity contribution in [3.63, 3.8) is 0 Å². The van der Waals surface area contributed by atoms with Gasteiger partial charge in [-0.25, -0.2) is 0 Å². The minimum atomic E-state index is -0.222. The van der Waals surface area contributed by atoms with Gasteiger partial charge in [0, 0.05) is 0 Å². The van der Waals surface area contributed by atoms with Gasteiger partial charge in [-0.3, -0.25) is 0 Å². The summed E-state index contributed by atoms with van der Waals surface area (Å²) in [7, 11) is 0. The third kappa shape index (κ3) is 3.40. The summed E-state index contributed by atoms with van der Waals surface area (Å²) in [6.07, 6.45) is 5.03. The van der Waals surface area contributed by atoms with Gasteiger partial charge < -0.3 is 5.11 Å². The smallest absolute Gasteiger partial charge is 0.0775 e. The SMILES string of the molecule is CC/C=C(\C)C(O)C(CC)CC. The van der Waals surface area contributed by atoms with E-state index >= 15 is 0 Å². The standard InChI is InChI=1S/C11H22O/c1-5-8-9(4)11(12)10(6-2)7-3/h8,10-12H,5-7H2,1-4H3/b9-8+. The summed E-state index contributed by atoms with van der Waals surface area (Å²) in [5.41, 5.74) is 1.13. The van der Waals surface area contributed by atoms with Crippen LogP contribution < -0.4 is 0 Å². The molecule has 0 heterocycles. The average Bonchev–Trinajstić information content (AvgIpc) is 2.07. The predicted molar refractivity (Wildman–Crippen MR) is 54.1 cm³/mol. The van der Waals surface area contributed by atoms with Crippen molar-refractivity contribution in [3.05, 3.63) is 11.6 Å². The minimum Gasteiger partial charge on any atom is -0.388 e. The van der Waals surface area contributed by atoms with Gasteiger partial charge in [0.05, 0.1) is 6.10 Å². The molecule has 0 aliphatic heterocycles. The minimum absolute atomic E-state index is 0.222. The third-order valence-corrected chi connectivity index (χ3v) is 2.49. The monoisotopic (exact) mass is 170 g/mol. The Morgan fingerprint density at radius 1 is 1.25 bits per heavy atom. The highest BCUT2D eigenvalue weighted by atomic mass is 16.3. The lowest BCUT2D eigenvalue weighted by molar-refractivity contribution is 0.135.